The van der Waals surface area contributed by atoms with Gasteiger partial charge in [0, 0.05) is 22.9 Å². The van der Waals surface area contributed by atoms with E-state index in [-0.39, 0.29) is 58.9 Å². The number of aliphatic carboxylic acids is 2. The van der Waals surface area contributed by atoms with E-state index in [2.05, 4.69) is 19.8 Å². The van der Waals surface area contributed by atoms with Crippen molar-refractivity contribution in [1.29, 1.82) is 0 Å². The number of carboxylic acids is 2. The molecule has 0 aliphatic carbocycles. The van der Waals surface area contributed by atoms with E-state index in [1.807, 2.05) is 0 Å². The molecule has 1 unspecified atom stereocenters. The summed E-state index contributed by atoms with van der Waals surface area (Å²) in [5, 5.41) is 25.0. The molecule has 0 spiro atoms. The summed E-state index contributed by atoms with van der Waals surface area (Å²) in [4.78, 5) is 72.0. The van der Waals surface area contributed by atoms with E-state index in [4.69, 9.17) is 22.0 Å². The van der Waals surface area contributed by atoms with Crippen molar-refractivity contribution in [3.63, 3.8) is 0 Å². The maximum Gasteiger partial charge on any atom is 0.352 e. The molecule has 0 saturated carbocycles. The van der Waals surface area contributed by atoms with Crippen molar-refractivity contribution in [2.75, 3.05) is 28.7 Å². The lowest BCUT2D eigenvalue weighted by Crippen LogP contribution is -2.55. The number of anilines is 3. The first-order chi connectivity index (χ1) is 20.6. The first kappa shape index (κ1) is 32.2. The first-order valence-corrected chi connectivity index (χ1v) is 14.6. The number of carbonyl (C=O) groups excluding carboxylic acids is 3. The van der Waals surface area contributed by atoms with Gasteiger partial charge in [-0.2, -0.15) is 9.36 Å². The largest absolute Gasteiger partial charge is 0.478 e. The maximum absolute atomic E-state index is 13.1. The predicted octanol–water partition coefficient (Wildman–Crippen LogP) is -2.38. The summed E-state index contributed by atoms with van der Waals surface area (Å²) in [6.07, 6.45) is 1.03. The van der Waals surface area contributed by atoms with Crippen LogP contribution in [0.1, 0.15) is 26.1 Å². The molecule has 4 heterocycles. The third-order valence-electron chi connectivity index (χ3n) is 6.65. The fraction of sp³-hybridized carbons (Fsp3) is 0.435. The third kappa shape index (κ3) is 6.43. The van der Waals surface area contributed by atoms with Crippen LogP contribution in [0.5, 0.6) is 0 Å². The number of nitrogen functional groups attached to an aromatic ring is 2. The number of hydrogen-bond acceptors (Lipinski definition) is 14. The standard InChI is InChI=1S/C23H29N11O8S2/c1-23(2,21(40)41)42-29-15(18-28-22(26)44-30-18)19(37)27-12(24)7-32(9-35)11-6-33(31(3)17(11)25)5-10-8-43-14-4-13(36)34(14)16(10)20(38)39/h6,9,12,14,25H,4-5,7-8,24H2,1-3H3,(H5,26,27,28,30,37,38,39,40,41)/p+1/b29-15-/t12?,14-/m1/s1. The van der Waals surface area contributed by atoms with Crippen LogP contribution in [0.15, 0.2) is 22.6 Å². The molecular weight excluding hydrogens is 622 g/mol. The Morgan fingerprint density at radius 2 is 2.07 bits per heavy atom. The number of β-lactam (4-membered cyclic amide) rings is 1. The van der Waals surface area contributed by atoms with Gasteiger partial charge in [0.15, 0.2) is 23.2 Å². The minimum Gasteiger partial charge on any atom is -0.478 e. The third-order valence-corrected chi connectivity index (χ3v) is 8.47. The Hall–Kier alpha value is -4.76. The van der Waals surface area contributed by atoms with E-state index < -0.39 is 35.3 Å². The number of rotatable bonds is 13. The Kier molecular flexibility index (Phi) is 9.11. The van der Waals surface area contributed by atoms with Crippen LogP contribution in [-0.4, -0.2) is 94.5 Å². The van der Waals surface area contributed by atoms with Gasteiger partial charge in [-0.25, -0.2) is 9.59 Å². The second-order valence-corrected chi connectivity index (χ2v) is 12.1. The van der Waals surface area contributed by atoms with E-state index in [0.717, 1.165) is 16.4 Å². The fourth-order valence-corrected chi connectivity index (χ4v) is 5.86. The van der Waals surface area contributed by atoms with Gasteiger partial charge in [0.1, 0.15) is 5.70 Å². The molecule has 2 aliphatic rings. The number of aromatic nitrogens is 4. The first-order valence-electron chi connectivity index (χ1n) is 12.8. The van der Waals surface area contributed by atoms with Crippen LogP contribution in [0.25, 0.3) is 0 Å². The molecule has 236 valence electrons. The Labute approximate surface area is 257 Å². The molecule has 3 amide bonds. The van der Waals surface area contributed by atoms with Gasteiger partial charge in [-0.15, -0.1) is 21.1 Å². The number of hydrogen-bond donors (Lipinski definition) is 6. The highest BCUT2D eigenvalue weighted by Crippen LogP contribution is 2.40. The summed E-state index contributed by atoms with van der Waals surface area (Å²) in [7, 11) is 1.60. The average Bonchev–Trinajstić information content (AvgIpc) is 3.49. The molecule has 2 aromatic heterocycles. The average molecular weight is 653 g/mol. The van der Waals surface area contributed by atoms with E-state index >= 15 is 0 Å². The number of carbonyl (C=O) groups is 5. The number of fused-ring (bicyclic) bond motifs is 1. The number of oxime groups is 1. The van der Waals surface area contributed by atoms with Crippen LogP contribution in [-0.2, 0) is 42.4 Å². The van der Waals surface area contributed by atoms with E-state index in [9.17, 15) is 34.2 Å². The van der Waals surface area contributed by atoms with Gasteiger partial charge in [0.25, 0.3) is 5.91 Å². The van der Waals surface area contributed by atoms with Crippen LogP contribution in [0, 0.1) is 0 Å². The molecule has 1 fully saturated rings. The number of nitrogens with zero attached hydrogens (tertiary/aromatic N) is 7. The van der Waals surface area contributed by atoms with Crippen molar-refractivity contribution in [1.82, 2.24) is 24.3 Å². The molecule has 2 atom stereocenters. The van der Waals surface area contributed by atoms with Gasteiger partial charge < -0.3 is 42.5 Å². The van der Waals surface area contributed by atoms with E-state index in [1.54, 1.807) is 11.7 Å². The lowest BCUT2D eigenvalue weighted by molar-refractivity contribution is -0.765. The molecule has 2 aliphatic heterocycles. The Morgan fingerprint density at radius 1 is 1.36 bits per heavy atom. The number of nitrogens with one attached hydrogen (secondary N) is 1. The van der Waals surface area contributed by atoms with Crippen LogP contribution in [0.2, 0.25) is 0 Å². The highest BCUT2D eigenvalue weighted by atomic mass is 32.2. The summed E-state index contributed by atoms with van der Waals surface area (Å²) in [6, 6.07) is 0. The second-order valence-electron chi connectivity index (χ2n) is 10.2. The van der Waals surface area contributed by atoms with E-state index in [0.29, 0.717) is 17.7 Å². The normalized spacial score (nSPS) is 17.5. The molecule has 44 heavy (non-hydrogen) atoms. The van der Waals surface area contributed by atoms with Gasteiger partial charge in [0.2, 0.25) is 35.7 Å². The topological polar surface area (TPSA) is 279 Å². The zero-order valence-corrected chi connectivity index (χ0v) is 25.3. The highest BCUT2D eigenvalue weighted by molar-refractivity contribution is 8.00. The molecule has 2 aromatic rings. The number of amides is 3. The maximum atomic E-state index is 13.1. The van der Waals surface area contributed by atoms with Crippen LogP contribution in [0.3, 0.4) is 0 Å². The quantitative estimate of drug-likeness (QED) is 0.0329. The summed E-state index contributed by atoms with van der Waals surface area (Å²) in [5.74, 6) is -3.50. The van der Waals surface area contributed by atoms with Crippen LogP contribution in [0.4, 0.5) is 16.6 Å². The molecule has 0 radical (unpaired) electrons. The summed E-state index contributed by atoms with van der Waals surface area (Å²) in [5.41, 5.74) is 16.3. The van der Waals surface area contributed by atoms with E-state index in [1.165, 1.54) is 41.4 Å². The summed E-state index contributed by atoms with van der Waals surface area (Å²) in [6.45, 7) is 2.22. The van der Waals surface area contributed by atoms with Gasteiger partial charge in [-0.3, -0.25) is 19.3 Å². The van der Waals surface area contributed by atoms with Crippen molar-refractivity contribution in [2.45, 2.75) is 44.0 Å². The fourth-order valence-electron chi connectivity index (χ4n) is 4.17. The zero-order chi connectivity index (χ0) is 32.5. The lowest BCUT2D eigenvalue weighted by Gasteiger charge is -2.43. The number of nitrogens with two attached hydrogens (primary N) is 3. The molecule has 19 nitrogen and oxygen atoms in total. The predicted molar refractivity (Wildman–Crippen MR) is 156 cm³/mol. The molecule has 9 N–H and O–H groups in total. The van der Waals surface area contributed by atoms with Crippen molar-refractivity contribution in [3.8, 4) is 0 Å². The minimum atomic E-state index is -1.80. The molecule has 0 bridgehead atoms. The Balaban J connectivity index is 1.52. The second kappa shape index (κ2) is 12.5. The van der Waals surface area contributed by atoms with Crippen molar-refractivity contribution in [2.24, 2.45) is 17.9 Å². The SMILES string of the molecule is Cn1c(N)c(N(C=O)CC(N)NC(=O)/C(=N\OC(C)(C)C(=O)O)c2nsc(N)n2)c[n+]1CC1=C(C(=O)O)N2C(=O)C[C@H]2SC1. The van der Waals surface area contributed by atoms with Gasteiger partial charge in [-0.1, -0.05) is 5.16 Å². The monoisotopic (exact) mass is 652 g/mol. The highest BCUT2D eigenvalue weighted by Gasteiger charge is 2.46. The van der Waals surface area contributed by atoms with Gasteiger partial charge in [0.05, 0.1) is 31.6 Å². The van der Waals surface area contributed by atoms with Crippen LogP contribution < -0.4 is 32.1 Å². The lowest BCUT2D eigenvalue weighted by atomic mass is 10.1. The number of thioether (sulfide) groups is 1. The van der Waals surface area contributed by atoms with Gasteiger partial charge >= 0.3 is 11.9 Å². The van der Waals surface area contributed by atoms with Crippen LogP contribution >= 0.6 is 23.3 Å². The van der Waals surface area contributed by atoms with Crippen molar-refractivity contribution in [3.05, 3.63) is 23.3 Å². The molecule has 0 aromatic carbocycles. The molecule has 21 heteroatoms. The minimum absolute atomic E-state index is 0.0108. The van der Waals surface area contributed by atoms with Gasteiger partial charge in [-0.05, 0) is 13.8 Å². The molecular formula is C23H30N11O8S2+. The molecule has 4 rings (SSSR count). The zero-order valence-electron chi connectivity index (χ0n) is 23.7. The summed E-state index contributed by atoms with van der Waals surface area (Å²) >= 11 is 2.23. The van der Waals surface area contributed by atoms with Crippen molar-refractivity contribution < 1.29 is 43.7 Å². The van der Waals surface area contributed by atoms with Crippen molar-refractivity contribution >= 4 is 75.8 Å². The molecule has 1 saturated heterocycles. The Morgan fingerprint density at radius 3 is 2.64 bits per heavy atom. The number of carboxylic acid groups (broad SMARTS) is 2. The smallest absolute Gasteiger partial charge is 0.352 e. The summed E-state index contributed by atoms with van der Waals surface area (Å²) < 4.78 is 7.00. The Bertz CT molecular complexity index is 1580.